The van der Waals surface area contributed by atoms with Crippen molar-refractivity contribution in [2.24, 2.45) is 0 Å². The summed E-state index contributed by atoms with van der Waals surface area (Å²) in [5, 5.41) is 24.4. The highest BCUT2D eigenvalue weighted by Crippen LogP contribution is 2.23. The number of nitrogens with zero attached hydrogens (tertiary/aromatic N) is 3. The first kappa shape index (κ1) is 10.7. The Morgan fingerprint density at radius 1 is 1.22 bits per heavy atom. The van der Waals surface area contributed by atoms with E-state index in [1.54, 1.807) is 35.1 Å². The number of phenols is 1. The molecule has 89 valence electrons. The second-order valence-electron chi connectivity index (χ2n) is 3.97. The lowest BCUT2D eigenvalue weighted by molar-refractivity contribution is 0.174. The molecule has 1 aromatic carbocycles. The summed E-state index contributed by atoms with van der Waals surface area (Å²) >= 11 is 0. The molecular weight excluding hydrogens is 230 g/mol. The van der Waals surface area contributed by atoms with Crippen molar-refractivity contribution in [1.82, 2.24) is 14.6 Å². The van der Waals surface area contributed by atoms with Crippen LogP contribution in [0.15, 0.2) is 42.7 Å². The number of imidazole rings is 1. The van der Waals surface area contributed by atoms with Crippen LogP contribution < -0.4 is 0 Å². The van der Waals surface area contributed by atoms with Crippen molar-refractivity contribution in [2.45, 2.75) is 6.61 Å². The minimum atomic E-state index is -0.356. The maximum Gasteiger partial charge on any atom is 0.154 e. The standard InChI is InChI=1S/C13H10N3O2/c17-8-11-7-16-13(15-11)5-10(6-14-16)9-2-1-3-12(18)4-9/h1-7,18H,8H2. The predicted octanol–water partition coefficient (Wildman–Crippen LogP) is 2.03. The Balaban J connectivity index is 2.12. The minimum Gasteiger partial charge on any atom is -0.508 e. The average molecular weight is 240 g/mol. The summed E-state index contributed by atoms with van der Waals surface area (Å²) in [5.74, 6) is 0.205. The topological polar surface area (TPSA) is 70.3 Å². The van der Waals surface area contributed by atoms with E-state index in [2.05, 4.69) is 10.1 Å². The zero-order valence-electron chi connectivity index (χ0n) is 9.45. The van der Waals surface area contributed by atoms with Crippen LogP contribution in [0.1, 0.15) is 5.69 Å². The third-order valence-corrected chi connectivity index (χ3v) is 2.70. The molecule has 0 aliphatic rings. The molecule has 0 aliphatic carbocycles. The number of fused-ring (bicyclic) bond motifs is 1. The Kier molecular flexibility index (Phi) is 2.46. The largest absolute Gasteiger partial charge is 0.508 e. The molecule has 18 heavy (non-hydrogen) atoms. The lowest BCUT2D eigenvalue weighted by Gasteiger charge is -2.02. The molecule has 0 bridgehead atoms. The molecule has 3 rings (SSSR count). The summed E-state index contributed by atoms with van der Waals surface area (Å²) in [6.07, 6.45) is 3.30. The van der Waals surface area contributed by atoms with Gasteiger partial charge in [-0.2, -0.15) is 5.10 Å². The number of aromatic nitrogens is 3. The van der Waals surface area contributed by atoms with Crippen LogP contribution in [-0.2, 0) is 11.7 Å². The smallest absolute Gasteiger partial charge is 0.154 e. The van der Waals surface area contributed by atoms with E-state index in [-0.39, 0.29) is 12.4 Å². The molecule has 5 heteroatoms. The maximum absolute atomic E-state index is 10.8. The van der Waals surface area contributed by atoms with Crippen LogP contribution >= 0.6 is 0 Å². The van der Waals surface area contributed by atoms with E-state index in [9.17, 15) is 10.2 Å². The molecule has 0 saturated carbocycles. The van der Waals surface area contributed by atoms with E-state index in [1.165, 1.54) is 0 Å². The van der Waals surface area contributed by atoms with Crippen LogP contribution in [0.3, 0.4) is 0 Å². The van der Waals surface area contributed by atoms with Gasteiger partial charge < -0.3 is 5.11 Å². The molecule has 0 fully saturated rings. The SMILES string of the molecule is [O]Cc1cn2ncc(-c3cccc(O)c3)cc2n1. The van der Waals surface area contributed by atoms with Gasteiger partial charge in [0.2, 0.25) is 0 Å². The lowest BCUT2D eigenvalue weighted by Crippen LogP contribution is -1.90. The summed E-state index contributed by atoms with van der Waals surface area (Å²) in [6.45, 7) is -0.356. The van der Waals surface area contributed by atoms with Crippen molar-refractivity contribution >= 4 is 5.65 Å². The molecular formula is C13H10N3O2. The first-order valence-electron chi connectivity index (χ1n) is 5.48. The van der Waals surface area contributed by atoms with E-state index in [0.717, 1.165) is 11.1 Å². The maximum atomic E-state index is 10.8. The van der Waals surface area contributed by atoms with Crippen LogP contribution in [-0.4, -0.2) is 19.7 Å². The molecule has 0 unspecified atom stereocenters. The number of aromatic hydroxyl groups is 1. The highest BCUT2D eigenvalue weighted by Gasteiger charge is 2.05. The fraction of sp³-hybridized carbons (Fsp3) is 0.0769. The van der Waals surface area contributed by atoms with Gasteiger partial charge in [0.05, 0.1) is 18.1 Å². The normalized spacial score (nSPS) is 10.9. The number of phenolic OH excluding ortho intramolecular Hbond substituents is 1. The van der Waals surface area contributed by atoms with Gasteiger partial charge in [0.15, 0.2) is 5.65 Å². The first-order chi connectivity index (χ1) is 8.76. The van der Waals surface area contributed by atoms with Gasteiger partial charge in [-0.15, -0.1) is 0 Å². The number of rotatable bonds is 2. The number of hydrogen-bond acceptors (Lipinski definition) is 3. The van der Waals surface area contributed by atoms with Gasteiger partial charge in [0.1, 0.15) is 12.4 Å². The summed E-state index contributed by atoms with van der Waals surface area (Å²) in [5.41, 5.74) is 2.80. The second-order valence-corrected chi connectivity index (χ2v) is 3.97. The van der Waals surface area contributed by atoms with E-state index in [1.807, 2.05) is 12.1 Å². The van der Waals surface area contributed by atoms with Crippen LogP contribution in [0.5, 0.6) is 5.75 Å². The zero-order chi connectivity index (χ0) is 12.5. The van der Waals surface area contributed by atoms with E-state index in [4.69, 9.17) is 0 Å². The van der Waals surface area contributed by atoms with Crippen molar-refractivity contribution in [3.63, 3.8) is 0 Å². The molecule has 0 amide bonds. The third kappa shape index (κ3) is 1.80. The Morgan fingerprint density at radius 3 is 2.89 bits per heavy atom. The molecule has 1 radical (unpaired) electrons. The van der Waals surface area contributed by atoms with Crippen LogP contribution in [0, 0.1) is 0 Å². The van der Waals surface area contributed by atoms with E-state index >= 15 is 0 Å². The van der Waals surface area contributed by atoms with E-state index < -0.39 is 0 Å². The van der Waals surface area contributed by atoms with Gasteiger partial charge in [0, 0.05) is 5.56 Å². The summed E-state index contributed by atoms with van der Waals surface area (Å²) < 4.78 is 1.57. The Labute approximate surface area is 103 Å². The molecule has 5 nitrogen and oxygen atoms in total. The Morgan fingerprint density at radius 2 is 2.11 bits per heavy atom. The third-order valence-electron chi connectivity index (χ3n) is 2.70. The molecule has 2 aromatic heterocycles. The molecule has 0 saturated heterocycles. The minimum absolute atomic E-state index is 0.205. The molecule has 2 heterocycles. The van der Waals surface area contributed by atoms with Crippen molar-refractivity contribution in [3.8, 4) is 16.9 Å². The van der Waals surface area contributed by atoms with Gasteiger partial charge in [-0.3, -0.25) is 0 Å². The van der Waals surface area contributed by atoms with Crippen molar-refractivity contribution in [1.29, 1.82) is 0 Å². The van der Waals surface area contributed by atoms with Gasteiger partial charge in [-0.05, 0) is 23.8 Å². The Hall–Kier alpha value is -2.40. The molecule has 0 atom stereocenters. The summed E-state index contributed by atoms with van der Waals surface area (Å²) in [4.78, 5) is 4.17. The molecule has 1 N–H and O–H groups in total. The Bertz CT molecular complexity index is 706. The highest BCUT2D eigenvalue weighted by molar-refractivity contribution is 5.67. The van der Waals surface area contributed by atoms with Crippen LogP contribution in [0.2, 0.25) is 0 Å². The molecule has 0 spiro atoms. The quantitative estimate of drug-likeness (QED) is 0.745. The molecule has 0 aliphatic heterocycles. The van der Waals surface area contributed by atoms with Crippen LogP contribution in [0.4, 0.5) is 0 Å². The van der Waals surface area contributed by atoms with E-state index in [0.29, 0.717) is 11.3 Å². The van der Waals surface area contributed by atoms with Crippen molar-refractivity contribution in [3.05, 3.63) is 48.4 Å². The van der Waals surface area contributed by atoms with Crippen molar-refractivity contribution < 1.29 is 10.2 Å². The summed E-state index contributed by atoms with van der Waals surface area (Å²) in [6, 6.07) is 8.75. The van der Waals surface area contributed by atoms with Crippen molar-refractivity contribution in [2.75, 3.05) is 0 Å². The summed E-state index contributed by atoms with van der Waals surface area (Å²) in [7, 11) is 0. The average Bonchev–Trinajstić information content (AvgIpc) is 2.80. The fourth-order valence-electron chi connectivity index (χ4n) is 1.84. The monoisotopic (exact) mass is 240 g/mol. The zero-order valence-corrected chi connectivity index (χ0v) is 9.45. The predicted molar refractivity (Wildman–Crippen MR) is 64.5 cm³/mol. The first-order valence-corrected chi connectivity index (χ1v) is 5.48. The van der Waals surface area contributed by atoms with Gasteiger partial charge in [0.25, 0.3) is 0 Å². The lowest BCUT2D eigenvalue weighted by atomic mass is 10.1. The second kappa shape index (κ2) is 4.12. The fourth-order valence-corrected chi connectivity index (χ4v) is 1.84. The van der Waals surface area contributed by atoms with Crippen LogP contribution in [0.25, 0.3) is 16.8 Å². The van der Waals surface area contributed by atoms with Gasteiger partial charge >= 0.3 is 0 Å². The number of hydrogen-bond donors (Lipinski definition) is 1. The molecule has 3 aromatic rings. The van der Waals surface area contributed by atoms with Gasteiger partial charge in [-0.25, -0.2) is 14.6 Å². The highest BCUT2D eigenvalue weighted by atomic mass is 16.3. The number of benzene rings is 1. The van der Waals surface area contributed by atoms with Gasteiger partial charge in [-0.1, -0.05) is 12.1 Å².